The van der Waals surface area contributed by atoms with Crippen molar-refractivity contribution in [3.8, 4) is 28.1 Å². The van der Waals surface area contributed by atoms with Gasteiger partial charge in [-0.1, -0.05) is 18.2 Å². The van der Waals surface area contributed by atoms with Gasteiger partial charge in [-0.25, -0.2) is 9.24 Å². The van der Waals surface area contributed by atoms with Crippen molar-refractivity contribution < 1.29 is 22.3 Å². The number of anilines is 1. The maximum atomic E-state index is 15.4. The summed E-state index contributed by atoms with van der Waals surface area (Å²) < 4.78 is 60.1. The van der Waals surface area contributed by atoms with Gasteiger partial charge >= 0.3 is 6.18 Å². The highest BCUT2D eigenvalue weighted by Gasteiger charge is 2.38. The zero-order valence-corrected chi connectivity index (χ0v) is 22.6. The average molecular weight is 565 g/mol. The van der Waals surface area contributed by atoms with E-state index in [9.17, 15) is 13.2 Å². The molecule has 1 unspecified atom stereocenters. The Morgan fingerprint density at radius 3 is 2.73 bits per heavy atom. The minimum Gasteiger partial charge on any atom is -0.489 e. The fourth-order valence-electron chi connectivity index (χ4n) is 6.01. The molecule has 1 atom stereocenters. The Morgan fingerprint density at radius 1 is 1.17 bits per heavy atom. The minimum absolute atomic E-state index is 0.164. The van der Waals surface area contributed by atoms with Gasteiger partial charge in [0, 0.05) is 42.7 Å². The number of hydrogen-bond donors (Lipinski definition) is 2. The van der Waals surface area contributed by atoms with Crippen LogP contribution in [-0.2, 0) is 6.54 Å². The number of H-pyrrole nitrogens is 1. The van der Waals surface area contributed by atoms with Gasteiger partial charge in [-0.15, -0.1) is 0 Å². The summed E-state index contributed by atoms with van der Waals surface area (Å²) in [7, 11) is 1.80. The number of aryl methyl sites for hydroxylation is 1. The average Bonchev–Trinajstić information content (AvgIpc) is 3.34. The second kappa shape index (κ2) is 10.4. The van der Waals surface area contributed by atoms with Crippen molar-refractivity contribution in [3.63, 3.8) is 0 Å². The van der Waals surface area contributed by atoms with Crippen LogP contribution in [-0.4, -0.2) is 67.1 Å². The number of nitrogens with zero attached hydrogens (tertiary/aromatic N) is 4. The molecule has 0 amide bonds. The molecule has 2 N–H and O–H groups in total. The molecule has 0 aliphatic carbocycles. The molecule has 0 spiro atoms. The quantitative estimate of drug-likeness (QED) is 0.228. The lowest BCUT2D eigenvalue weighted by Crippen LogP contribution is -2.58. The van der Waals surface area contributed by atoms with Crippen LogP contribution in [0.2, 0.25) is 0 Å². The third kappa shape index (κ3) is 5.09. The first kappa shape index (κ1) is 27.1. The van der Waals surface area contributed by atoms with E-state index in [1.165, 1.54) is 11.0 Å². The summed E-state index contributed by atoms with van der Waals surface area (Å²) in [6.07, 6.45) is -4.23. The largest absolute Gasteiger partial charge is 0.489 e. The Hall–Kier alpha value is -4.14. The van der Waals surface area contributed by atoms with E-state index >= 15 is 4.39 Å². The first-order valence-corrected chi connectivity index (χ1v) is 13.3. The van der Waals surface area contributed by atoms with E-state index in [1.54, 1.807) is 19.2 Å². The van der Waals surface area contributed by atoms with Gasteiger partial charge < -0.3 is 15.0 Å². The van der Waals surface area contributed by atoms with Crippen LogP contribution in [0, 0.1) is 19.3 Å². The number of halogens is 4. The maximum Gasteiger partial charge on any atom is 0.401 e. The van der Waals surface area contributed by atoms with Crippen molar-refractivity contribution in [2.24, 2.45) is 0 Å². The Balaban J connectivity index is 1.35. The normalized spacial score (nSPS) is 17.2. The van der Waals surface area contributed by atoms with E-state index < -0.39 is 18.5 Å². The summed E-state index contributed by atoms with van der Waals surface area (Å²) in [4.78, 5) is 7.21. The van der Waals surface area contributed by atoms with E-state index in [1.807, 2.05) is 31.2 Å². The number of piperazine rings is 1. The van der Waals surface area contributed by atoms with Gasteiger partial charge in [-0.3, -0.25) is 10.00 Å². The van der Waals surface area contributed by atoms with Crippen LogP contribution in [0.5, 0.6) is 5.75 Å². The van der Waals surface area contributed by atoms with Crippen molar-refractivity contribution in [2.45, 2.75) is 25.7 Å². The Kier molecular flexibility index (Phi) is 6.83. The Labute approximate surface area is 234 Å². The van der Waals surface area contributed by atoms with E-state index in [2.05, 4.69) is 25.3 Å². The standard InChI is InChI=1S/C30H28F4N6O/c1-17-8-18(13-35-2)9-23(31)28(17)21-11-22-25(12-24(21)36-3)37-38-29(22)19-4-5-26-27(10-19)41-15-20-14-39(6-7-40(20)26)16-30(32,33)34/h4-5,8-12,20,35H,6-7,13-16H2,1-2H3,(H,37,38). The second-order valence-corrected chi connectivity index (χ2v) is 10.6. The molecule has 41 heavy (non-hydrogen) atoms. The van der Waals surface area contributed by atoms with Gasteiger partial charge in [-0.05, 0) is 54.9 Å². The molecule has 0 saturated carbocycles. The Bertz CT molecular complexity index is 1650. The summed E-state index contributed by atoms with van der Waals surface area (Å²) in [5.74, 6) is 0.246. The molecule has 1 saturated heterocycles. The number of alkyl halides is 3. The Morgan fingerprint density at radius 2 is 2.00 bits per heavy atom. The number of hydrogen-bond acceptors (Lipinski definition) is 5. The lowest BCUT2D eigenvalue weighted by atomic mass is 9.94. The fourth-order valence-corrected chi connectivity index (χ4v) is 6.01. The zero-order chi connectivity index (χ0) is 28.9. The first-order valence-electron chi connectivity index (χ1n) is 13.3. The predicted molar refractivity (Wildman–Crippen MR) is 150 cm³/mol. The zero-order valence-electron chi connectivity index (χ0n) is 22.6. The van der Waals surface area contributed by atoms with Crippen molar-refractivity contribution in [1.82, 2.24) is 20.4 Å². The number of nitrogens with one attached hydrogen (secondary N) is 2. The number of aromatic nitrogens is 2. The van der Waals surface area contributed by atoms with Crippen molar-refractivity contribution in [1.29, 1.82) is 0 Å². The highest BCUT2D eigenvalue weighted by molar-refractivity contribution is 6.00. The maximum absolute atomic E-state index is 15.4. The smallest absolute Gasteiger partial charge is 0.401 e. The van der Waals surface area contributed by atoms with Gasteiger partial charge in [-0.2, -0.15) is 18.3 Å². The SMILES string of the molecule is [C-]#[N+]c1cc2[nH]nc(-c3ccc4c(c3)OCC3CN(CC(F)(F)F)CCN43)c2cc1-c1c(C)cc(CNC)cc1F. The van der Waals surface area contributed by atoms with Crippen molar-refractivity contribution in [3.05, 3.63) is 70.8 Å². The number of benzene rings is 3. The third-order valence-electron chi connectivity index (χ3n) is 7.74. The molecule has 4 aromatic rings. The molecular weight excluding hydrogens is 536 g/mol. The highest BCUT2D eigenvalue weighted by atomic mass is 19.4. The molecule has 0 radical (unpaired) electrons. The van der Waals surface area contributed by atoms with Crippen LogP contribution < -0.4 is 15.0 Å². The molecule has 0 bridgehead atoms. The molecule has 11 heteroatoms. The molecule has 2 aliphatic heterocycles. The van der Waals surface area contributed by atoms with Crippen LogP contribution in [0.25, 0.3) is 38.1 Å². The van der Waals surface area contributed by atoms with Crippen LogP contribution in [0.15, 0.2) is 42.5 Å². The first-order chi connectivity index (χ1) is 19.6. The van der Waals surface area contributed by atoms with E-state index in [4.69, 9.17) is 11.3 Å². The summed E-state index contributed by atoms with van der Waals surface area (Å²) in [6.45, 7) is 10.5. The summed E-state index contributed by atoms with van der Waals surface area (Å²) in [6, 6.07) is 12.4. The molecule has 7 nitrogen and oxygen atoms in total. The fraction of sp³-hybridized carbons (Fsp3) is 0.333. The molecule has 3 heterocycles. The van der Waals surface area contributed by atoms with Crippen LogP contribution in [0.4, 0.5) is 28.9 Å². The molecule has 6 rings (SSSR count). The number of aromatic amines is 1. The number of fused-ring (bicyclic) bond motifs is 4. The monoisotopic (exact) mass is 564 g/mol. The van der Waals surface area contributed by atoms with E-state index in [0.29, 0.717) is 53.4 Å². The van der Waals surface area contributed by atoms with E-state index in [-0.39, 0.29) is 19.2 Å². The second-order valence-electron chi connectivity index (χ2n) is 10.6. The van der Waals surface area contributed by atoms with Gasteiger partial charge in [0.1, 0.15) is 18.2 Å². The van der Waals surface area contributed by atoms with Crippen molar-refractivity contribution in [2.75, 3.05) is 44.7 Å². The van der Waals surface area contributed by atoms with Crippen LogP contribution in [0.3, 0.4) is 0 Å². The minimum atomic E-state index is -4.23. The summed E-state index contributed by atoms with van der Waals surface area (Å²) in [5.41, 5.74) is 5.64. The molecule has 3 aromatic carbocycles. The van der Waals surface area contributed by atoms with Gasteiger partial charge in [0.2, 0.25) is 0 Å². The van der Waals surface area contributed by atoms with Gasteiger partial charge in [0.15, 0.2) is 5.69 Å². The predicted octanol–water partition coefficient (Wildman–Crippen LogP) is 6.06. The third-order valence-corrected chi connectivity index (χ3v) is 7.74. The van der Waals surface area contributed by atoms with E-state index in [0.717, 1.165) is 27.8 Å². The molecule has 212 valence electrons. The van der Waals surface area contributed by atoms with Crippen LogP contribution >= 0.6 is 0 Å². The number of ether oxygens (including phenoxy) is 1. The summed E-state index contributed by atoms with van der Waals surface area (Å²) in [5, 5.41) is 11.3. The molecular formula is C30H28F4N6O. The molecule has 1 fully saturated rings. The lowest BCUT2D eigenvalue weighted by Gasteiger charge is -2.45. The molecule has 2 aliphatic rings. The summed E-state index contributed by atoms with van der Waals surface area (Å²) >= 11 is 0. The number of rotatable bonds is 5. The van der Waals surface area contributed by atoms with Crippen molar-refractivity contribution >= 4 is 22.3 Å². The van der Waals surface area contributed by atoms with Crippen LogP contribution in [0.1, 0.15) is 11.1 Å². The van der Waals surface area contributed by atoms with Gasteiger partial charge in [0.05, 0.1) is 36.1 Å². The molecule has 1 aromatic heterocycles. The lowest BCUT2D eigenvalue weighted by molar-refractivity contribution is -0.147. The highest BCUT2D eigenvalue weighted by Crippen LogP contribution is 2.42. The topological polar surface area (TPSA) is 60.8 Å². The van der Waals surface area contributed by atoms with Gasteiger partial charge in [0.25, 0.3) is 0 Å².